The van der Waals surface area contributed by atoms with Crippen molar-refractivity contribution in [3.05, 3.63) is 35.9 Å². The van der Waals surface area contributed by atoms with Crippen molar-refractivity contribution in [1.82, 2.24) is 5.32 Å². The largest absolute Gasteiger partial charge is 0.396 e. The summed E-state index contributed by atoms with van der Waals surface area (Å²) in [7, 11) is 0. The van der Waals surface area contributed by atoms with Gasteiger partial charge in [0.1, 0.15) is 0 Å². The molecule has 19 heavy (non-hydrogen) atoms. The fourth-order valence-corrected chi connectivity index (χ4v) is 1.92. The van der Waals surface area contributed by atoms with Crippen LogP contribution in [0.3, 0.4) is 0 Å². The Morgan fingerprint density at radius 3 is 2.95 bits per heavy atom. The Kier molecular flexibility index (Phi) is 4.52. The number of benzene rings is 1. The zero-order chi connectivity index (χ0) is 13.7. The van der Waals surface area contributed by atoms with E-state index in [1.807, 2.05) is 37.3 Å². The predicted molar refractivity (Wildman–Crippen MR) is 71.8 cm³/mol. The van der Waals surface area contributed by atoms with E-state index >= 15 is 0 Å². The number of carbonyl (C=O) groups is 1. The van der Waals surface area contributed by atoms with Crippen molar-refractivity contribution in [2.45, 2.75) is 31.9 Å². The Hall–Kier alpha value is -1.88. The molecule has 0 bridgehead atoms. The van der Waals surface area contributed by atoms with E-state index in [-0.39, 0.29) is 18.6 Å². The summed E-state index contributed by atoms with van der Waals surface area (Å²) in [6.45, 7) is 1.90. The minimum absolute atomic E-state index is 0.0543. The van der Waals surface area contributed by atoms with Crippen LogP contribution in [0.25, 0.3) is 0 Å². The van der Waals surface area contributed by atoms with Gasteiger partial charge in [0.25, 0.3) is 5.91 Å². The van der Waals surface area contributed by atoms with E-state index in [9.17, 15) is 4.79 Å². The SMILES string of the molecule is CC(CCO)NC(=O)C1CC(c2ccccc2)=NO1. The van der Waals surface area contributed by atoms with Gasteiger partial charge in [0, 0.05) is 19.1 Å². The molecule has 2 N–H and O–H groups in total. The second-order valence-electron chi connectivity index (χ2n) is 4.62. The molecule has 1 aliphatic heterocycles. The Balaban J connectivity index is 1.89. The van der Waals surface area contributed by atoms with Crippen molar-refractivity contribution in [2.24, 2.45) is 5.16 Å². The zero-order valence-corrected chi connectivity index (χ0v) is 10.9. The van der Waals surface area contributed by atoms with Gasteiger partial charge in [0.05, 0.1) is 5.71 Å². The zero-order valence-electron chi connectivity index (χ0n) is 10.9. The number of hydrogen-bond acceptors (Lipinski definition) is 4. The summed E-state index contributed by atoms with van der Waals surface area (Å²) in [5, 5.41) is 15.6. The highest BCUT2D eigenvalue weighted by molar-refractivity contribution is 6.04. The van der Waals surface area contributed by atoms with Crippen LogP contribution in [0.2, 0.25) is 0 Å². The third-order valence-electron chi connectivity index (χ3n) is 3.02. The minimum atomic E-state index is -0.573. The van der Waals surface area contributed by atoms with Gasteiger partial charge in [-0.15, -0.1) is 0 Å². The number of rotatable bonds is 5. The smallest absolute Gasteiger partial charge is 0.264 e. The molecule has 1 heterocycles. The molecule has 2 rings (SSSR count). The summed E-state index contributed by atoms with van der Waals surface area (Å²) in [5.74, 6) is -0.185. The number of aliphatic hydroxyl groups excluding tert-OH is 1. The summed E-state index contributed by atoms with van der Waals surface area (Å²) in [6, 6.07) is 9.60. The van der Waals surface area contributed by atoms with Crippen LogP contribution in [0.4, 0.5) is 0 Å². The summed E-state index contributed by atoms with van der Waals surface area (Å²) in [6.07, 6.45) is 0.434. The third-order valence-corrected chi connectivity index (χ3v) is 3.02. The van der Waals surface area contributed by atoms with Crippen molar-refractivity contribution < 1.29 is 14.7 Å². The van der Waals surface area contributed by atoms with Gasteiger partial charge in [-0.1, -0.05) is 35.5 Å². The molecule has 2 unspecified atom stereocenters. The first kappa shape index (κ1) is 13.5. The van der Waals surface area contributed by atoms with E-state index in [2.05, 4.69) is 10.5 Å². The molecule has 0 radical (unpaired) electrons. The van der Waals surface area contributed by atoms with Crippen LogP contribution >= 0.6 is 0 Å². The van der Waals surface area contributed by atoms with E-state index in [0.717, 1.165) is 11.3 Å². The molecule has 0 saturated carbocycles. The Bertz CT molecular complexity index is 459. The molecule has 5 heteroatoms. The van der Waals surface area contributed by atoms with Gasteiger partial charge in [-0.3, -0.25) is 4.79 Å². The highest BCUT2D eigenvalue weighted by Crippen LogP contribution is 2.16. The first-order chi connectivity index (χ1) is 9.20. The fraction of sp³-hybridized carbons (Fsp3) is 0.429. The van der Waals surface area contributed by atoms with Crippen molar-refractivity contribution in [3.8, 4) is 0 Å². The van der Waals surface area contributed by atoms with Crippen LogP contribution < -0.4 is 5.32 Å². The lowest BCUT2D eigenvalue weighted by Crippen LogP contribution is -2.40. The summed E-state index contributed by atoms with van der Waals surface area (Å²) in [5.41, 5.74) is 1.76. The lowest BCUT2D eigenvalue weighted by Gasteiger charge is -2.14. The molecule has 1 aliphatic rings. The number of carbonyl (C=O) groups excluding carboxylic acids is 1. The number of amides is 1. The van der Waals surface area contributed by atoms with Crippen molar-refractivity contribution in [1.29, 1.82) is 0 Å². The molecule has 5 nitrogen and oxygen atoms in total. The molecule has 0 aromatic heterocycles. The average molecular weight is 262 g/mol. The van der Waals surface area contributed by atoms with Gasteiger partial charge in [0.15, 0.2) is 0 Å². The first-order valence-corrected chi connectivity index (χ1v) is 6.40. The van der Waals surface area contributed by atoms with E-state index in [4.69, 9.17) is 9.94 Å². The monoisotopic (exact) mass is 262 g/mol. The van der Waals surface area contributed by atoms with E-state index in [1.165, 1.54) is 0 Å². The maximum absolute atomic E-state index is 11.9. The summed E-state index contributed by atoms with van der Waals surface area (Å²) >= 11 is 0. The number of oxime groups is 1. The van der Waals surface area contributed by atoms with Crippen LogP contribution in [-0.2, 0) is 9.63 Å². The molecular formula is C14H18N2O3. The Morgan fingerprint density at radius 1 is 1.53 bits per heavy atom. The third kappa shape index (κ3) is 3.54. The molecule has 2 atom stereocenters. The fourth-order valence-electron chi connectivity index (χ4n) is 1.92. The maximum Gasteiger partial charge on any atom is 0.264 e. The lowest BCUT2D eigenvalue weighted by atomic mass is 10.0. The second kappa shape index (κ2) is 6.33. The highest BCUT2D eigenvalue weighted by Gasteiger charge is 2.29. The van der Waals surface area contributed by atoms with Gasteiger partial charge in [-0.05, 0) is 18.9 Å². The van der Waals surface area contributed by atoms with Gasteiger partial charge < -0.3 is 15.3 Å². The van der Waals surface area contributed by atoms with E-state index in [0.29, 0.717) is 12.8 Å². The van der Waals surface area contributed by atoms with E-state index < -0.39 is 6.10 Å². The van der Waals surface area contributed by atoms with Crippen LogP contribution in [-0.4, -0.2) is 35.5 Å². The van der Waals surface area contributed by atoms with Gasteiger partial charge in [0.2, 0.25) is 6.10 Å². The molecule has 0 spiro atoms. The molecule has 1 aromatic rings. The number of nitrogens with zero attached hydrogens (tertiary/aromatic N) is 1. The van der Waals surface area contributed by atoms with Gasteiger partial charge >= 0.3 is 0 Å². The van der Waals surface area contributed by atoms with Crippen molar-refractivity contribution in [2.75, 3.05) is 6.61 Å². The Labute approximate surface area is 112 Å². The van der Waals surface area contributed by atoms with Crippen LogP contribution in [0.15, 0.2) is 35.5 Å². The number of aliphatic hydroxyl groups is 1. The van der Waals surface area contributed by atoms with Crippen LogP contribution in [0, 0.1) is 0 Å². The molecule has 1 aromatic carbocycles. The number of hydrogen-bond donors (Lipinski definition) is 2. The van der Waals surface area contributed by atoms with E-state index in [1.54, 1.807) is 0 Å². The topological polar surface area (TPSA) is 70.9 Å². The highest BCUT2D eigenvalue weighted by atomic mass is 16.6. The lowest BCUT2D eigenvalue weighted by molar-refractivity contribution is -0.131. The van der Waals surface area contributed by atoms with Gasteiger partial charge in [-0.25, -0.2) is 0 Å². The van der Waals surface area contributed by atoms with Crippen LogP contribution in [0.5, 0.6) is 0 Å². The number of nitrogens with one attached hydrogen (secondary N) is 1. The average Bonchev–Trinajstić information content (AvgIpc) is 2.89. The second-order valence-corrected chi connectivity index (χ2v) is 4.62. The first-order valence-electron chi connectivity index (χ1n) is 6.40. The predicted octanol–water partition coefficient (Wildman–Crippen LogP) is 1.07. The molecule has 0 saturated heterocycles. The molecule has 1 amide bonds. The molecular weight excluding hydrogens is 244 g/mol. The Morgan fingerprint density at radius 2 is 2.26 bits per heavy atom. The van der Waals surface area contributed by atoms with Gasteiger partial charge in [-0.2, -0.15) is 0 Å². The van der Waals surface area contributed by atoms with Crippen LogP contribution in [0.1, 0.15) is 25.3 Å². The summed E-state index contributed by atoms with van der Waals surface area (Å²) in [4.78, 5) is 17.1. The standard InChI is InChI=1S/C14H18N2O3/c1-10(7-8-17)15-14(18)13-9-12(16-19-13)11-5-3-2-4-6-11/h2-6,10,13,17H,7-9H2,1H3,(H,15,18). The maximum atomic E-state index is 11.9. The quantitative estimate of drug-likeness (QED) is 0.833. The summed E-state index contributed by atoms with van der Waals surface area (Å²) < 4.78 is 0. The molecule has 0 aliphatic carbocycles. The van der Waals surface area contributed by atoms with Crippen molar-refractivity contribution in [3.63, 3.8) is 0 Å². The molecule has 102 valence electrons. The normalized spacial score (nSPS) is 19.5. The van der Waals surface area contributed by atoms with Crippen molar-refractivity contribution >= 4 is 11.6 Å². The molecule has 0 fully saturated rings. The minimum Gasteiger partial charge on any atom is -0.396 e.